The minimum Gasteiger partial charge on any atom is -0.486 e. The fraction of sp³-hybridized carbons (Fsp3) is 0.409. The van der Waals surface area contributed by atoms with E-state index < -0.39 is 20.0 Å². The molecule has 10 nitrogen and oxygen atoms in total. The molecule has 0 bridgehead atoms. The third-order valence-corrected chi connectivity index (χ3v) is 9.94. The third-order valence-electron chi connectivity index (χ3n) is 6.18. The zero-order valence-corrected chi connectivity index (χ0v) is 20.1. The van der Waals surface area contributed by atoms with Crippen molar-refractivity contribution < 1.29 is 31.1 Å². The van der Waals surface area contributed by atoms with E-state index in [1.54, 1.807) is 35.2 Å². The molecule has 2 aromatic rings. The van der Waals surface area contributed by atoms with Gasteiger partial charge in [0.2, 0.25) is 20.0 Å². The highest BCUT2D eigenvalue weighted by Crippen LogP contribution is 2.33. The number of hydrogen-bond donors (Lipinski definition) is 0. The Morgan fingerprint density at radius 3 is 2.18 bits per heavy atom. The van der Waals surface area contributed by atoms with Gasteiger partial charge in [-0.25, -0.2) is 16.8 Å². The van der Waals surface area contributed by atoms with Gasteiger partial charge in [-0.3, -0.25) is 9.10 Å². The summed E-state index contributed by atoms with van der Waals surface area (Å²) in [6, 6.07) is 11.1. The summed E-state index contributed by atoms with van der Waals surface area (Å²) in [7, 11) is -7.02. The van der Waals surface area contributed by atoms with Gasteiger partial charge in [0, 0.05) is 44.4 Å². The van der Waals surface area contributed by atoms with E-state index in [1.165, 1.54) is 20.7 Å². The number of ether oxygens (including phenoxy) is 2. The molecule has 34 heavy (non-hydrogen) atoms. The maximum Gasteiger partial charge on any atom is 0.253 e. The molecule has 0 aliphatic carbocycles. The highest BCUT2D eigenvalue weighted by Gasteiger charge is 2.32. The van der Waals surface area contributed by atoms with E-state index in [0.717, 1.165) is 0 Å². The predicted molar refractivity (Wildman–Crippen MR) is 124 cm³/mol. The minimum atomic E-state index is -3.74. The van der Waals surface area contributed by atoms with E-state index >= 15 is 0 Å². The number of carbonyl (C=O) groups excluding carboxylic acids is 1. The van der Waals surface area contributed by atoms with Crippen molar-refractivity contribution in [2.75, 3.05) is 56.0 Å². The van der Waals surface area contributed by atoms with Crippen molar-refractivity contribution >= 4 is 31.6 Å². The van der Waals surface area contributed by atoms with Crippen molar-refractivity contribution in [3.63, 3.8) is 0 Å². The molecule has 0 aromatic heterocycles. The van der Waals surface area contributed by atoms with Gasteiger partial charge in [0.25, 0.3) is 5.91 Å². The number of piperazine rings is 1. The van der Waals surface area contributed by atoms with Crippen molar-refractivity contribution in [2.24, 2.45) is 0 Å². The number of carbonyl (C=O) groups is 1. The van der Waals surface area contributed by atoms with Crippen LogP contribution in [0.15, 0.2) is 47.4 Å². The van der Waals surface area contributed by atoms with Gasteiger partial charge in [-0.05, 0) is 42.8 Å². The lowest BCUT2D eigenvalue weighted by Gasteiger charge is -2.34. The molecule has 3 heterocycles. The Balaban J connectivity index is 1.24. The molecule has 0 radical (unpaired) electrons. The first kappa shape index (κ1) is 22.9. The van der Waals surface area contributed by atoms with Crippen LogP contribution >= 0.6 is 0 Å². The third kappa shape index (κ3) is 4.21. The van der Waals surface area contributed by atoms with Crippen LogP contribution in [0, 0.1) is 0 Å². The molecule has 0 spiro atoms. The average molecular weight is 508 g/mol. The SMILES string of the molecule is O=C(c1ccc(N2CCCS2(=O)=O)cc1)N1CCN(S(=O)(=O)c2ccc3c(c2)OCCO3)CC1. The smallest absolute Gasteiger partial charge is 0.253 e. The Labute approximate surface area is 198 Å². The minimum absolute atomic E-state index is 0.129. The van der Waals surface area contributed by atoms with Crippen LogP contribution in [0.4, 0.5) is 5.69 Å². The Kier molecular flexibility index (Phi) is 5.90. The topological polar surface area (TPSA) is 114 Å². The lowest BCUT2D eigenvalue weighted by atomic mass is 10.1. The number of sulfonamides is 2. The monoisotopic (exact) mass is 507 g/mol. The van der Waals surface area contributed by atoms with E-state index in [9.17, 15) is 21.6 Å². The first-order chi connectivity index (χ1) is 16.3. The molecule has 3 aliphatic rings. The number of nitrogens with zero attached hydrogens (tertiary/aromatic N) is 3. The fourth-order valence-corrected chi connectivity index (χ4v) is 7.35. The van der Waals surface area contributed by atoms with Crippen LogP contribution in [0.2, 0.25) is 0 Å². The maximum absolute atomic E-state index is 13.1. The number of fused-ring (bicyclic) bond motifs is 1. The Morgan fingerprint density at radius 1 is 0.853 bits per heavy atom. The van der Waals surface area contributed by atoms with E-state index in [4.69, 9.17) is 9.47 Å². The number of anilines is 1. The van der Waals surface area contributed by atoms with Crippen LogP contribution in [-0.4, -0.2) is 83.6 Å². The van der Waals surface area contributed by atoms with E-state index in [2.05, 4.69) is 0 Å². The van der Waals surface area contributed by atoms with Crippen LogP contribution in [-0.2, 0) is 20.0 Å². The van der Waals surface area contributed by atoms with Crippen molar-refractivity contribution in [1.29, 1.82) is 0 Å². The van der Waals surface area contributed by atoms with E-state index in [1.807, 2.05) is 0 Å². The number of benzene rings is 2. The van der Waals surface area contributed by atoms with Crippen molar-refractivity contribution in [3.05, 3.63) is 48.0 Å². The normalized spacial score (nSPS) is 20.4. The Morgan fingerprint density at radius 2 is 1.53 bits per heavy atom. The van der Waals surface area contributed by atoms with Crippen LogP contribution in [0.25, 0.3) is 0 Å². The summed E-state index contributed by atoms with van der Waals surface area (Å²) in [4.78, 5) is 14.7. The standard InChI is InChI=1S/C22H25N3O7S2/c26-22(17-2-4-18(5-3-17)25-8-1-15-33(25,27)28)23-9-11-24(12-10-23)34(29,30)19-6-7-20-21(16-19)32-14-13-31-20/h2-7,16H,1,8-15H2. The van der Waals surface area contributed by atoms with Gasteiger partial charge < -0.3 is 14.4 Å². The van der Waals surface area contributed by atoms with Crippen molar-refractivity contribution in [3.8, 4) is 11.5 Å². The molecule has 2 saturated heterocycles. The molecule has 0 N–H and O–H groups in total. The van der Waals surface area contributed by atoms with E-state index in [-0.39, 0.29) is 42.7 Å². The van der Waals surface area contributed by atoms with Gasteiger partial charge in [-0.15, -0.1) is 0 Å². The summed E-state index contributed by atoms with van der Waals surface area (Å²) in [5.41, 5.74) is 0.980. The molecular formula is C22H25N3O7S2. The number of amides is 1. The molecule has 182 valence electrons. The second-order valence-corrected chi connectivity index (χ2v) is 12.2. The Bertz CT molecular complexity index is 1300. The zero-order chi connectivity index (χ0) is 23.9. The first-order valence-corrected chi connectivity index (χ1v) is 14.1. The molecule has 3 aliphatic heterocycles. The summed E-state index contributed by atoms with van der Waals surface area (Å²) in [6.07, 6.45) is 0.586. The van der Waals surface area contributed by atoms with Crippen LogP contribution < -0.4 is 13.8 Å². The van der Waals surface area contributed by atoms with Crippen LogP contribution in [0.5, 0.6) is 11.5 Å². The quantitative estimate of drug-likeness (QED) is 0.610. The number of rotatable bonds is 4. The molecular weight excluding hydrogens is 482 g/mol. The number of hydrogen-bond acceptors (Lipinski definition) is 7. The second-order valence-electron chi connectivity index (χ2n) is 8.29. The van der Waals surface area contributed by atoms with Gasteiger partial charge >= 0.3 is 0 Å². The van der Waals surface area contributed by atoms with Gasteiger partial charge in [0.05, 0.1) is 16.3 Å². The lowest BCUT2D eigenvalue weighted by Crippen LogP contribution is -2.50. The molecule has 12 heteroatoms. The summed E-state index contributed by atoms with van der Waals surface area (Å²) in [5.74, 6) is 0.847. The largest absolute Gasteiger partial charge is 0.486 e. The highest BCUT2D eigenvalue weighted by atomic mass is 32.2. The molecule has 5 rings (SSSR count). The molecule has 2 fully saturated rings. The summed E-state index contributed by atoms with van der Waals surface area (Å²) in [5, 5.41) is 0. The first-order valence-electron chi connectivity index (χ1n) is 11.1. The molecule has 0 saturated carbocycles. The molecule has 0 unspecified atom stereocenters. The van der Waals surface area contributed by atoms with Gasteiger partial charge in [-0.2, -0.15) is 4.31 Å². The summed E-state index contributed by atoms with van der Waals surface area (Å²) < 4.78 is 64.1. The molecule has 1 amide bonds. The van der Waals surface area contributed by atoms with Crippen molar-refractivity contribution in [2.45, 2.75) is 11.3 Å². The highest BCUT2D eigenvalue weighted by molar-refractivity contribution is 7.93. The fourth-order valence-electron chi connectivity index (χ4n) is 4.35. The molecule has 2 aromatic carbocycles. The summed E-state index contributed by atoms with van der Waals surface area (Å²) >= 11 is 0. The van der Waals surface area contributed by atoms with Crippen LogP contribution in [0.3, 0.4) is 0 Å². The second kappa shape index (κ2) is 8.75. The van der Waals surface area contributed by atoms with Gasteiger partial charge in [0.1, 0.15) is 13.2 Å². The van der Waals surface area contributed by atoms with Gasteiger partial charge in [-0.1, -0.05) is 0 Å². The zero-order valence-electron chi connectivity index (χ0n) is 18.4. The predicted octanol–water partition coefficient (Wildman–Crippen LogP) is 1.14. The molecule has 0 atom stereocenters. The van der Waals surface area contributed by atoms with E-state index in [0.29, 0.717) is 48.9 Å². The Hall–Kier alpha value is -2.83. The van der Waals surface area contributed by atoms with Crippen molar-refractivity contribution in [1.82, 2.24) is 9.21 Å². The average Bonchev–Trinajstić information content (AvgIpc) is 3.22. The van der Waals surface area contributed by atoms with Crippen LogP contribution in [0.1, 0.15) is 16.8 Å². The van der Waals surface area contributed by atoms with Gasteiger partial charge in [0.15, 0.2) is 11.5 Å². The summed E-state index contributed by atoms with van der Waals surface area (Å²) in [6.45, 7) is 2.09. The lowest BCUT2D eigenvalue weighted by molar-refractivity contribution is 0.0698. The maximum atomic E-state index is 13.1.